The van der Waals surface area contributed by atoms with E-state index in [4.69, 9.17) is 25.8 Å². The topological polar surface area (TPSA) is 69.2 Å². The van der Waals surface area contributed by atoms with Gasteiger partial charge in [-0.2, -0.15) is 5.10 Å². The van der Waals surface area contributed by atoms with E-state index in [9.17, 15) is 4.79 Å². The number of carbonyl (C=O) groups excluding carboxylic acids is 1. The molecule has 0 atom stereocenters. The Labute approximate surface area is 200 Å². The summed E-state index contributed by atoms with van der Waals surface area (Å²) in [5.41, 5.74) is 4.67. The van der Waals surface area contributed by atoms with Gasteiger partial charge in [0.2, 0.25) is 0 Å². The molecule has 0 spiro atoms. The van der Waals surface area contributed by atoms with Crippen LogP contribution in [0.1, 0.15) is 28.4 Å². The summed E-state index contributed by atoms with van der Waals surface area (Å²) in [5.74, 6) is 1.41. The van der Waals surface area contributed by atoms with Gasteiger partial charge in [-0.05, 0) is 76.4 Å². The predicted molar refractivity (Wildman–Crippen MR) is 129 cm³/mol. The average Bonchev–Trinajstić information content (AvgIpc) is 2.80. The monoisotopic (exact) mass is 516 g/mol. The summed E-state index contributed by atoms with van der Waals surface area (Å²) >= 11 is 9.47. The van der Waals surface area contributed by atoms with Crippen molar-refractivity contribution >= 4 is 39.7 Å². The van der Waals surface area contributed by atoms with E-state index in [1.807, 2.05) is 37.3 Å². The molecule has 3 aromatic carbocycles. The van der Waals surface area contributed by atoms with Gasteiger partial charge in [0, 0.05) is 10.6 Å². The third kappa shape index (κ3) is 6.48. The highest BCUT2D eigenvalue weighted by molar-refractivity contribution is 9.10. The average molecular weight is 518 g/mol. The van der Waals surface area contributed by atoms with Crippen LogP contribution >= 0.6 is 27.5 Å². The molecule has 0 unspecified atom stereocenters. The van der Waals surface area contributed by atoms with Gasteiger partial charge < -0.3 is 14.2 Å². The lowest BCUT2D eigenvalue weighted by molar-refractivity contribution is 0.0955. The molecule has 6 nitrogen and oxygen atoms in total. The molecule has 0 saturated carbocycles. The quantitative estimate of drug-likeness (QED) is 0.285. The zero-order valence-corrected chi connectivity index (χ0v) is 19.9. The molecule has 3 rings (SSSR count). The minimum Gasteiger partial charge on any atom is -0.497 e. The summed E-state index contributed by atoms with van der Waals surface area (Å²) in [7, 11) is 1.55. The first-order valence-corrected chi connectivity index (χ1v) is 11.0. The number of rotatable bonds is 9. The Morgan fingerprint density at radius 3 is 2.62 bits per heavy atom. The number of nitrogens with zero attached hydrogens (tertiary/aromatic N) is 1. The van der Waals surface area contributed by atoms with Gasteiger partial charge in [-0.25, -0.2) is 5.43 Å². The van der Waals surface area contributed by atoms with E-state index in [-0.39, 0.29) is 5.91 Å². The zero-order chi connectivity index (χ0) is 22.9. The molecule has 1 amide bonds. The molecule has 0 saturated heterocycles. The van der Waals surface area contributed by atoms with Crippen molar-refractivity contribution in [1.82, 2.24) is 5.43 Å². The van der Waals surface area contributed by atoms with Crippen LogP contribution in [0, 0.1) is 0 Å². The van der Waals surface area contributed by atoms with Gasteiger partial charge in [-0.1, -0.05) is 29.8 Å². The Bertz CT molecular complexity index is 1100. The van der Waals surface area contributed by atoms with E-state index < -0.39 is 0 Å². The summed E-state index contributed by atoms with van der Waals surface area (Å²) in [6.45, 7) is 2.72. The number of nitrogens with one attached hydrogen (secondary N) is 1. The second kappa shape index (κ2) is 11.5. The maximum absolute atomic E-state index is 12.3. The van der Waals surface area contributed by atoms with Crippen LogP contribution in [0.25, 0.3) is 0 Å². The first-order chi connectivity index (χ1) is 15.5. The van der Waals surface area contributed by atoms with Gasteiger partial charge in [0.15, 0.2) is 11.5 Å². The maximum atomic E-state index is 12.3. The number of hydrazone groups is 1. The summed E-state index contributed by atoms with van der Waals surface area (Å²) in [6.07, 6.45) is 1.54. The number of hydrogen-bond acceptors (Lipinski definition) is 5. The number of ether oxygens (including phenoxy) is 3. The Balaban J connectivity index is 1.71. The largest absolute Gasteiger partial charge is 0.497 e. The minimum absolute atomic E-state index is 0.341. The molecular formula is C24H22BrClN2O4. The van der Waals surface area contributed by atoms with Crippen LogP contribution < -0.4 is 19.6 Å². The Morgan fingerprint density at radius 1 is 1.12 bits per heavy atom. The first-order valence-electron chi connectivity index (χ1n) is 9.81. The van der Waals surface area contributed by atoms with Crippen molar-refractivity contribution in [2.75, 3.05) is 13.7 Å². The summed E-state index contributed by atoms with van der Waals surface area (Å²) < 4.78 is 17.6. The third-order valence-electron chi connectivity index (χ3n) is 4.34. The molecule has 0 aliphatic rings. The van der Waals surface area contributed by atoms with Crippen molar-refractivity contribution in [1.29, 1.82) is 0 Å². The fraction of sp³-hybridized carbons (Fsp3) is 0.167. The number of carbonyl (C=O) groups is 1. The standard InChI is InChI=1S/C24H22BrClN2O4/c1-3-31-22-12-17(14-27-28-24(29)18-5-4-6-20(13-18)30-2)11-21(25)23(22)32-15-16-7-9-19(26)10-8-16/h4-14H,3,15H2,1-2H3,(H,28,29)/b27-14-. The highest BCUT2D eigenvalue weighted by Crippen LogP contribution is 2.37. The predicted octanol–water partition coefficient (Wildman–Crippen LogP) is 5.85. The molecule has 1 N–H and O–H groups in total. The number of halogens is 2. The van der Waals surface area contributed by atoms with E-state index in [0.29, 0.717) is 45.5 Å². The lowest BCUT2D eigenvalue weighted by atomic mass is 10.2. The Hall–Kier alpha value is -3.03. The molecule has 0 bridgehead atoms. The molecule has 166 valence electrons. The number of methoxy groups -OCH3 is 1. The number of hydrogen-bond donors (Lipinski definition) is 1. The smallest absolute Gasteiger partial charge is 0.271 e. The molecule has 0 aliphatic carbocycles. The van der Waals surface area contributed by atoms with Crippen molar-refractivity contribution < 1.29 is 19.0 Å². The fourth-order valence-electron chi connectivity index (χ4n) is 2.80. The Morgan fingerprint density at radius 2 is 1.91 bits per heavy atom. The highest BCUT2D eigenvalue weighted by Gasteiger charge is 2.12. The molecule has 0 heterocycles. The first kappa shape index (κ1) is 23.6. The SMILES string of the molecule is CCOc1cc(/C=N\NC(=O)c2cccc(OC)c2)cc(Br)c1OCc1ccc(Cl)cc1. The van der Waals surface area contributed by atoms with Crippen LogP contribution in [-0.2, 0) is 6.61 Å². The lowest BCUT2D eigenvalue weighted by Crippen LogP contribution is -2.17. The van der Waals surface area contributed by atoms with Crippen LogP contribution in [0.15, 0.2) is 70.2 Å². The summed E-state index contributed by atoms with van der Waals surface area (Å²) in [4.78, 5) is 12.3. The molecule has 3 aromatic rings. The van der Waals surface area contributed by atoms with Crippen molar-refractivity contribution in [2.24, 2.45) is 5.10 Å². The van der Waals surface area contributed by atoms with Crippen molar-refractivity contribution in [2.45, 2.75) is 13.5 Å². The Kier molecular flexibility index (Phi) is 8.53. The highest BCUT2D eigenvalue weighted by atomic mass is 79.9. The van der Waals surface area contributed by atoms with Crippen molar-refractivity contribution in [3.05, 3.63) is 86.8 Å². The second-order valence-corrected chi connectivity index (χ2v) is 7.90. The molecule has 32 heavy (non-hydrogen) atoms. The van der Waals surface area contributed by atoms with Gasteiger partial charge in [0.05, 0.1) is 24.4 Å². The molecular weight excluding hydrogens is 496 g/mol. The van der Waals surface area contributed by atoms with Crippen molar-refractivity contribution in [3.63, 3.8) is 0 Å². The van der Waals surface area contributed by atoms with Crippen LogP contribution in [0.4, 0.5) is 0 Å². The molecule has 0 radical (unpaired) electrons. The zero-order valence-electron chi connectivity index (χ0n) is 17.6. The van der Waals surface area contributed by atoms with Gasteiger partial charge in [-0.3, -0.25) is 4.79 Å². The lowest BCUT2D eigenvalue weighted by Gasteiger charge is -2.14. The third-order valence-corrected chi connectivity index (χ3v) is 5.18. The van der Waals surface area contributed by atoms with E-state index in [1.54, 1.807) is 37.4 Å². The number of benzene rings is 3. The van der Waals surface area contributed by atoms with Crippen LogP contribution in [0.5, 0.6) is 17.2 Å². The van der Waals surface area contributed by atoms with Gasteiger partial charge in [0.25, 0.3) is 5.91 Å². The fourth-order valence-corrected chi connectivity index (χ4v) is 3.50. The second-order valence-electron chi connectivity index (χ2n) is 6.61. The van der Waals surface area contributed by atoms with Gasteiger partial charge in [0.1, 0.15) is 12.4 Å². The van der Waals surface area contributed by atoms with E-state index in [0.717, 1.165) is 11.1 Å². The van der Waals surface area contributed by atoms with E-state index in [2.05, 4.69) is 26.5 Å². The maximum Gasteiger partial charge on any atom is 0.271 e. The van der Waals surface area contributed by atoms with Crippen LogP contribution in [0.2, 0.25) is 5.02 Å². The number of amides is 1. The van der Waals surface area contributed by atoms with Crippen LogP contribution in [0.3, 0.4) is 0 Å². The van der Waals surface area contributed by atoms with Crippen LogP contribution in [-0.4, -0.2) is 25.8 Å². The molecule has 0 aromatic heterocycles. The van der Waals surface area contributed by atoms with E-state index >= 15 is 0 Å². The molecule has 8 heteroatoms. The summed E-state index contributed by atoms with van der Waals surface area (Å²) in [6, 6.07) is 17.9. The van der Waals surface area contributed by atoms with E-state index in [1.165, 1.54) is 6.21 Å². The minimum atomic E-state index is -0.341. The van der Waals surface area contributed by atoms with Gasteiger partial charge in [-0.15, -0.1) is 0 Å². The van der Waals surface area contributed by atoms with Crippen molar-refractivity contribution in [3.8, 4) is 17.2 Å². The normalized spacial score (nSPS) is 10.8. The molecule has 0 aliphatic heterocycles. The summed E-state index contributed by atoms with van der Waals surface area (Å²) in [5, 5.41) is 4.73. The van der Waals surface area contributed by atoms with Gasteiger partial charge >= 0.3 is 0 Å². The molecule has 0 fully saturated rings.